The van der Waals surface area contributed by atoms with Crippen molar-refractivity contribution in [2.24, 2.45) is 0 Å². The molecule has 1 aliphatic rings. The van der Waals surface area contributed by atoms with E-state index in [0.717, 1.165) is 17.0 Å². The molecule has 7 heteroatoms. The van der Waals surface area contributed by atoms with Crippen LogP contribution in [-0.4, -0.2) is 19.0 Å². The predicted octanol–water partition coefficient (Wildman–Crippen LogP) is 3.13. The standard InChI is InChI=1S/C11H11F5N2/c12-10(13)3-4-18(6-10)9-2-1-7(17)5-8(9)11(14,15)16/h1-2,5H,3-4,6,17H2. The van der Waals surface area contributed by atoms with Gasteiger partial charge in [-0.1, -0.05) is 0 Å². The fraction of sp³-hybridized carbons (Fsp3) is 0.455. The highest BCUT2D eigenvalue weighted by atomic mass is 19.4. The lowest BCUT2D eigenvalue weighted by Gasteiger charge is -2.23. The van der Waals surface area contributed by atoms with Crippen LogP contribution in [0.25, 0.3) is 0 Å². The van der Waals surface area contributed by atoms with Gasteiger partial charge in [0.1, 0.15) is 0 Å². The van der Waals surface area contributed by atoms with Crippen molar-refractivity contribution in [3.05, 3.63) is 23.8 Å². The van der Waals surface area contributed by atoms with Crippen LogP contribution in [0.15, 0.2) is 18.2 Å². The Morgan fingerprint density at radius 2 is 1.89 bits per heavy atom. The van der Waals surface area contributed by atoms with E-state index in [2.05, 4.69) is 0 Å². The highest BCUT2D eigenvalue weighted by Gasteiger charge is 2.42. The number of alkyl halides is 5. The SMILES string of the molecule is Nc1ccc(N2CCC(F)(F)C2)c(C(F)(F)F)c1. The van der Waals surface area contributed by atoms with Crippen LogP contribution in [0.2, 0.25) is 0 Å². The fourth-order valence-electron chi connectivity index (χ4n) is 2.00. The lowest BCUT2D eigenvalue weighted by Crippen LogP contribution is -2.27. The molecule has 2 rings (SSSR count). The third-order valence-electron chi connectivity index (χ3n) is 2.84. The van der Waals surface area contributed by atoms with Gasteiger partial charge in [-0.25, -0.2) is 8.78 Å². The van der Waals surface area contributed by atoms with Crippen molar-refractivity contribution in [1.82, 2.24) is 0 Å². The van der Waals surface area contributed by atoms with E-state index in [1.54, 1.807) is 0 Å². The summed E-state index contributed by atoms with van der Waals surface area (Å²) >= 11 is 0. The summed E-state index contributed by atoms with van der Waals surface area (Å²) in [7, 11) is 0. The molecule has 0 aromatic heterocycles. The summed E-state index contributed by atoms with van der Waals surface area (Å²) in [6, 6.07) is 3.19. The van der Waals surface area contributed by atoms with Gasteiger partial charge >= 0.3 is 6.18 Å². The van der Waals surface area contributed by atoms with Gasteiger partial charge in [0.25, 0.3) is 5.92 Å². The number of hydrogen-bond donors (Lipinski definition) is 1. The molecular formula is C11H11F5N2. The van der Waals surface area contributed by atoms with Gasteiger partial charge in [-0.15, -0.1) is 0 Å². The minimum Gasteiger partial charge on any atom is -0.399 e. The first-order valence-corrected chi connectivity index (χ1v) is 5.28. The van der Waals surface area contributed by atoms with Crippen molar-refractivity contribution in [2.45, 2.75) is 18.5 Å². The summed E-state index contributed by atoms with van der Waals surface area (Å²) in [5.41, 5.74) is 4.05. The average molecular weight is 266 g/mol. The normalized spacial score (nSPS) is 19.3. The molecule has 0 saturated carbocycles. The lowest BCUT2D eigenvalue weighted by atomic mass is 10.1. The molecule has 18 heavy (non-hydrogen) atoms. The van der Waals surface area contributed by atoms with E-state index in [9.17, 15) is 22.0 Å². The van der Waals surface area contributed by atoms with E-state index in [-0.39, 0.29) is 17.9 Å². The smallest absolute Gasteiger partial charge is 0.399 e. The Morgan fingerprint density at radius 1 is 1.22 bits per heavy atom. The Labute approximate surface area is 100 Å². The van der Waals surface area contributed by atoms with E-state index in [1.165, 1.54) is 6.07 Å². The minimum atomic E-state index is -4.61. The molecule has 100 valence electrons. The van der Waals surface area contributed by atoms with E-state index in [1.807, 2.05) is 0 Å². The molecule has 1 aromatic rings. The van der Waals surface area contributed by atoms with Gasteiger partial charge in [0.05, 0.1) is 12.1 Å². The summed E-state index contributed by atoms with van der Waals surface area (Å²) in [5.74, 6) is -2.94. The lowest BCUT2D eigenvalue weighted by molar-refractivity contribution is -0.137. The summed E-state index contributed by atoms with van der Waals surface area (Å²) in [5, 5.41) is 0. The van der Waals surface area contributed by atoms with Crippen LogP contribution in [0.3, 0.4) is 0 Å². The fourth-order valence-corrected chi connectivity index (χ4v) is 2.00. The quantitative estimate of drug-likeness (QED) is 0.625. The molecule has 2 nitrogen and oxygen atoms in total. The number of nitrogens with zero attached hydrogens (tertiary/aromatic N) is 1. The summed E-state index contributed by atoms with van der Waals surface area (Å²) in [6.45, 7) is -0.792. The third-order valence-corrected chi connectivity index (χ3v) is 2.84. The first kappa shape index (κ1) is 12.9. The first-order chi connectivity index (χ1) is 8.19. The molecule has 0 atom stereocenters. The van der Waals surface area contributed by atoms with Gasteiger partial charge in [0.15, 0.2) is 0 Å². The minimum absolute atomic E-state index is 0.0444. The van der Waals surface area contributed by atoms with Crippen LogP contribution >= 0.6 is 0 Å². The second-order valence-electron chi connectivity index (χ2n) is 4.30. The number of benzene rings is 1. The predicted molar refractivity (Wildman–Crippen MR) is 57.6 cm³/mol. The molecule has 0 amide bonds. The van der Waals surface area contributed by atoms with Gasteiger partial charge in [-0.2, -0.15) is 13.2 Å². The molecule has 1 aliphatic heterocycles. The molecule has 0 unspecified atom stereocenters. The van der Waals surface area contributed by atoms with E-state index in [4.69, 9.17) is 5.73 Å². The summed E-state index contributed by atoms with van der Waals surface area (Å²) < 4.78 is 64.5. The van der Waals surface area contributed by atoms with Crippen molar-refractivity contribution in [2.75, 3.05) is 23.7 Å². The maximum atomic E-state index is 13.0. The number of anilines is 2. The molecule has 1 heterocycles. The van der Waals surface area contributed by atoms with Gasteiger partial charge in [0, 0.05) is 24.3 Å². The van der Waals surface area contributed by atoms with E-state index >= 15 is 0 Å². The van der Waals surface area contributed by atoms with Crippen LogP contribution in [0.4, 0.5) is 33.3 Å². The second-order valence-corrected chi connectivity index (χ2v) is 4.30. The molecule has 2 N–H and O–H groups in total. The number of hydrogen-bond acceptors (Lipinski definition) is 2. The summed E-state index contributed by atoms with van der Waals surface area (Å²) in [6.07, 6.45) is -5.04. The van der Waals surface area contributed by atoms with Crippen LogP contribution in [-0.2, 0) is 6.18 Å². The molecule has 0 bridgehead atoms. The highest BCUT2D eigenvalue weighted by Crippen LogP contribution is 2.40. The van der Waals surface area contributed by atoms with Crippen molar-refractivity contribution in [1.29, 1.82) is 0 Å². The largest absolute Gasteiger partial charge is 0.418 e. The Hall–Kier alpha value is -1.53. The van der Waals surface area contributed by atoms with Gasteiger partial charge in [-0.3, -0.25) is 0 Å². The molecule has 0 radical (unpaired) electrons. The van der Waals surface area contributed by atoms with Crippen molar-refractivity contribution < 1.29 is 22.0 Å². The first-order valence-electron chi connectivity index (χ1n) is 5.28. The Bertz CT molecular complexity index is 455. The zero-order valence-corrected chi connectivity index (χ0v) is 9.27. The maximum absolute atomic E-state index is 13.0. The third kappa shape index (κ3) is 2.49. The van der Waals surface area contributed by atoms with E-state index < -0.39 is 30.6 Å². The number of halogens is 5. The van der Waals surface area contributed by atoms with Crippen LogP contribution in [0, 0.1) is 0 Å². The van der Waals surface area contributed by atoms with Crippen molar-refractivity contribution >= 4 is 11.4 Å². The zero-order valence-electron chi connectivity index (χ0n) is 9.27. The van der Waals surface area contributed by atoms with Gasteiger partial charge in [0.2, 0.25) is 0 Å². The molecule has 1 saturated heterocycles. The Kier molecular flexibility index (Phi) is 2.87. The average Bonchev–Trinajstić information content (AvgIpc) is 2.57. The zero-order chi connectivity index (χ0) is 13.6. The number of nitrogen functional groups attached to an aromatic ring is 1. The molecule has 1 aromatic carbocycles. The van der Waals surface area contributed by atoms with E-state index in [0.29, 0.717) is 0 Å². The van der Waals surface area contributed by atoms with Gasteiger partial charge < -0.3 is 10.6 Å². The molecular weight excluding hydrogens is 255 g/mol. The molecule has 0 aliphatic carbocycles. The topological polar surface area (TPSA) is 29.3 Å². The Balaban J connectivity index is 2.40. The Morgan fingerprint density at radius 3 is 2.39 bits per heavy atom. The van der Waals surface area contributed by atoms with Crippen LogP contribution in [0.1, 0.15) is 12.0 Å². The maximum Gasteiger partial charge on any atom is 0.418 e. The molecule has 1 fully saturated rings. The van der Waals surface area contributed by atoms with Crippen molar-refractivity contribution in [3.63, 3.8) is 0 Å². The summed E-state index contributed by atoms with van der Waals surface area (Å²) in [4.78, 5) is 1.04. The monoisotopic (exact) mass is 266 g/mol. The highest BCUT2D eigenvalue weighted by molar-refractivity contribution is 5.61. The number of rotatable bonds is 1. The number of nitrogens with two attached hydrogens (primary N) is 1. The van der Waals surface area contributed by atoms with Crippen molar-refractivity contribution in [3.8, 4) is 0 Å². The van der Waals surface area contributed by atoms with Crippen LogP contribution in [0.5, 0.6) is 0 Å². The van der Waals surface area contributed by atoms with Gasteiger partial charge in [-0.05, 0) is 18.2 Å². The molecule has 0 spiro atoms. The van der Waals surface area contributed by atoms with Crippen LogP contribution < -0.4 is 10.6 Å². The second kappa shape index (κ2) is 4.00.